The quantitative estimate of drug-likeness (QED) is 0.299. The number of nitriles is 1. The summed E-state index contributed by atoms with van der Waals surface area (Å²) in [7, 11) is 1.71. The molecule has 0 radical (unpaired) electrons. The Morgan fingerprint density at radius 2 is 2.00 bits per heavy atom. The van der Waals surface area contributed by atoms with Crippen molar-refractivity contribution in [2.75, 3.05) is 20.3 Å². The van der Waals surface area contributed by atoms with Gasteiger partial charge in [-0.3, -0.25) is 8.96 Å². The summed E-state index contributed by atoms with van der Waals surface area (Å²) < 4.78 is 13.7. The zero-order chi connectivity index (χ0) is 26.5. The van der Waals surface area contributed by atoms with Gasteiger partial charge < -0.3 is 15.2 Å². The van der Waals surface area contributed by atoms with Crippen molar-refractivity contribution in [1.29, 1.82) is 5.26 Å². The number of rotatable bonds is 7. The average Bonchev–Trinajstić information content (AvgIpc) is 3.31. The van der Waals surface area contributed by atoms with Crippen molar-refractivity contribution in [2.45, 2.75) is 30.8 Å². The van der Waals surface area contributed by atoms with Gasteiger partial charge in [-0.15, -0.1) is 0 Å². The van der Waals surface area contributed by atoms with E-state index in [0.717, 1.165) is 51.0 Å². The topological polar surface area (TPSA) is 98.5 Å². The van der Waals surface area contributed by atoms with E-state index in [2.05, 4.69) is 58.5 Å². The van der Waals surface area contributed by atoms with E-state index in [0.29, 0.717) is 24.5 Å². The van der Waals surface area contributed by atoms with E-state index < -0.39 is 0 Å². The molecule has 192 valence electrons. The van der Waals surface area contributed by atoms with Crippen molar-refractivity contribution in [1.82, 2.24) is 8.96 Å². The second kappa shape index (κ2) is 11.5. The number of hydrogen-bond donors (Lipinski definition) is 1. The van der Waals surface area contributed by atoms with E-state index in [-0.39, 0.29) is 6.10 Å². The Kier molecular flexibility index (Phi) is 7.78. The lowest BCUT2D eigenvalue weighted by atomic mass is 10.0. The van der Waals surface area contributed by atoms with Gasteiger partial charge in [0, 0.05) is 71.7 Å². The van der Waals surface area contributed by atoms with Crippen molar-refractivity contribution >= 4 is 34.8 Å². The summed E-state index contributed by atoms with van der Waals surface area (Å²) in [6, 6.07) is 18.6. The summed E-state index contributed by atoms with van der Waals surface area (Å²) in [5, 5.41) is 10.9. The van der Waals surface area contributed by atoms with Crippen LogP contribution in [0.3, 0.4) is 0 Å². The summed E-state index contributed by atoms with van der Waals surface area (Å²) in [5.74, 6) is 0.604. The second-order valence-corrected chi connectivity index (χ2v) is 10.2. The highest BCUT2D eigenvalue weighted by Crippen LogP contribution is 2.37. The Morgan fingerprint density at radius 3 is 2.71 bits per heavy atom. The molecule has 2 aromatic heterocycles. The number of aliphatic imine (C=N–C) groups is 1. The van der Waals surface area contributed by atoms with Gasteiger partial charge in [0.1, 0.15) is 17.9 Å². The van der Waals surface area contributed by atoms with Gasteiger partial charge in [-0.1, -0.05) is 23.8 Å². The van der Waals surface area contributed by atoms with Crippen LogP contribution in [0, 0.1) is 18.3 Å². The van der Waals surface area contributed by atoms with Crippen LogP contribution >= 0.6 is 11.9 Å². The van der Waals surface area contributed by atoms with Gasteiger partial charge in [-0.2, -0.15) is 5.26 Å². The van der Waals surface area contributed by atoms with Crippen molar-refractivity contribution < 1.29 is 9.47 Å². The van der Waals surface area contributed by atoms with E-state index in [1.165, 1.54) is 11.8 Å². The standard InChI is InChI=1S/C30H29N5O2S/c1-20-3-6-26(7-4-20)38-35-19-28(27-14-23(18-34-30(27)35)24(16-32)17-33-2)21-5-8-29(22(13-21)15-31)37-25-9-11-36-12-10-25/h3-8,13-14,16-19,25H,9-12,32H2,1-2H3/b24-16+,33-17?. The first-order valence-corrected chi connectivity index (χ1v) is 13.3. The van der Waals surface area contributed by atoms with Crippen LogP contribution in [0.4, 0.5) is 0 Å². The lowest BCUT2D eigenvalue weighted by Gasteiger charge is -2.23. The Hall–Kier alpha value is -4.06. The Morgan fingerprint density at radius 1 is 1.21 bits per heavy atom. The number of aromatic nitrogens is 2. The third kappa shape index (κ3) is 5.44. The molecule has 0 aliphatic carbocycles. The largest absolute Gasteiger partial charge is 0.489 e. The highest BCUT2D eigenvalue weighted by atomic mass is 32.2. The Balaban J connectivity index is 1.59. The maximum Gasteiger partial charge on any atom is 0.150 e. The molecule has 0 unspecified atom stereocenters. The molecule has 8 heteroatoms. The van der Waals surface area contributed by atoms with E-state index >= 15 is 0 Å². The first kappa shape index (κ1) is 25.6. The lowest BCUT2D eigenvalue weighted by Crippen LogP contribution is -2.26. The number of fused-ring (bicyclic) bond motifs is 1. The third-order valence-corrected chi connectivity index (χ3v) is 7.45. The summed E-state index contributed by atoms with van der Waals surface area (Å²) >= 11 is 1.59. The first-order chi connectivity index (χ1) is 18.6. The van der Waals surface area contributed by atoms with Crippen LogP contribution < -0.4 is 10.5 Å². The van der Waals surface area contributed by atoms with E-state index in [1.807, 2.05) is 24.4 Å². The van der Waals surface area contributed by atoms with E-state index in [4.69, 9.17) is 20.2 Å². The predicted molar refractivity (Wildman–Crippen MR) is 153 cm³/mol. The number of hydrogen-bond acceptors (Lipinski definition) is 7. The van der Waals surface area contributed by atoms with Crippen LogP contribution in [0.15, 0.2) is 77.0 Å². The van der Waals surface area contributed by atoms with Crippen LogP contribution in [-0.2, 0) is 4.74 Å². The molecule has 0 atom stereocenters. The SMILES string of the molecule is CN=C/C(=C\N)c1cnc2c(c1)c(-c1ccc(OC3CCOCC3)c(C#N)c1)cn2Sc1ccc(C)cc1. The predicted octanol–water partition coefficient (Wildman–Crippen LogP) is 6.00. The maximum atomic E-state index is 9.95. The normalized spacial score (nSPS) is 14.7. The van der Waals surface area contributed by atoms with Gasteiger partial charge in [0.2, 0.25) is 0 Å². The first-order valence-electron chi connectivity index (χ1n) is 12.5. The summed E-state index contributed by atoms with van der Waals surface area (Å²) in [5.41, 5.74) is 11.9. The smallest absolute Gasteiger partial charge is 0.150 e. The molecule has 1 aliphatic rings. The molecule has 4 aromatic rings. The van der Waals surface area contributed by atoms with Crippen molar-refractivity contribution in [3.63, 3.8) is 0 Å². The van der Waals surface area contributed by atoms with Crippen LogP contribution in [0.1, 0.15) is 29.5 Å². The molecule has 0 amide bonds. The molecule has 2 aromatic carbocycles. The van der Waals surface area contributed by atoms with Crippen LogP contribution in [0.2, 0.25) is 0 Å². The van der Waals surface area contributed by atoms with Crippen LogP contribution in [0.25, 0.3) is 27.7 Å². The fraction of sp³-hybridized carbons (Fsp3) is 0.233. The molecule has 1 aliphatic heterocycles. The van der Waals surface area contributed by atoms with Gasteiger partial charge in [-0.05, 0) is 54.8 Å². The van der Waals surface area contributed by atoms with E-state index in [1.54, 1.807) is 25.2 Å². The summed E-state index contributed by atoms with van der Waals surface area (Å²) in [6.45, 7) is 3.44. The highest BCUT2D eigenvalue weighted by Gasteiger charge is 2.19. The molecule has 0 bridgehead atoms. The van der Waals surface area contributed by atoms with Gasteiger partial charge in [0.15, 0.2) is 5.65 Å². The van der Waals surface area contributed by atoms with Crippen molar-refractivity contribution in [2.24, 2.45) is 10.7 Å². The van der Waals surface area contributed by atoms with Gasteiger partial charge in [0.25, 0.3) is 0 Å². The molecule has 2 N–H and O–H groups in total. The summed E-state index contributed by atoms with van der Waals surface area (Å²) in [6.07, 6.45) is 8.83. The average molecular weight is 524 g/mol. The lowest BCUT2D eigenvalue weighted by molar-refractivity contribution is 0.0254. The number of ether oxygens (including phenoxy) is 2. The van der Waals surface area contributed by atoms with Crippen molar-refractivity contribution in [3.05, 3.63) is 83.8 Å². The third-order valence-electron chi connectivity index (χ3n) is 6.49. The number of pyridine rings is 1. The minimum absolute atomic E-state index is 0.0583. The van der Waals surface area contributed by atoms with Gasteiger partial charge >= 0.3 is 0 Å². The molecule has 38 heavy (non-hydrogen) atoms. The number of nitrogens with zero attached hydrogens (tertiary/aromatic N) is 4. The van der Waals surface area contributed by atoms with Crippen LogP contribution in [0.5, 0.6) is 5.75 Å². The fourth-order valence-corrected chi connectivity index (χ4v) is 5.34. The minimum Gasteiger partial charge on any atom is -0.489 e. The van der Waals surface area contributed by atoms with Crippen molar-refractivity contribution in [3.8, 4) is 22.9 Å². The maximum absolute atomic E-state index is 9.95. The number of benzene rings is 2. The van der Waals surface area contributed by atoms with Crippen LogP contribution in [-0.4, -0.2) is 41.5 Å². The molecule has 3 heterocycles. The Labute approximate surface area is 226 Å². The van der Waals surface area contributed by atoms with E-state index in [9.17, 15) is 5.26 Å². The molecular formula is C30H29N5O2S. The van der Waals surface area contributed by atoms with Gasteiger partial charge in [-0.25, -0.2) is 4.98 Å². The molecular weight excluding hydrogens is 494 g/mol. The Bertz CT molecular complexity index is 1540. The number of aryl methyl sites for hydroxylation is 1. The fourth-order valence-electron chi connectivity index (χ4n) is 4.46. The summed E-state index contributed by atoms with van der Waals surface area (Å²) in [4.78, 5) is 10.0. The second-order valence-electron chi connectivity index (χ2n) is 9.13. The number of nitrogens with two attached hydrogens (primary N) is 1. The number of allylic oxidation sites excluding steroid dienone is 1. The zero-order valence-electron chi connectivity index (χ0n) is 21.4. The monoisotopic (exact) mass is 523 g/mol. The molecule has 1 fully saturated rings. The molecule has 1 saturated heterocycles. The molecule has 7 nitrogen and oxygen atoms in total. The molecule has 0 spiro atoms. The minimum atomic E-state index is 0.0583. The molecule has 5 rings (SSSR count). The highest BCUT2D eigenvalue weighted by molar-refractivity contribution is 7.98. The van der Waals surface area contributed by atoms with Gasteiger partial charge in [0.05, 0.1) is 18.8 Å². The molecule has 0 saturated carbocycles. The zero-order valence-corrected chi connectivity index (χ0v) is 22.2.